The van der Waals surface area contributed by atoms with E-state index in [0.29, 0.717) is 23.4 Å². The average molecular weight is 464 g/mol. The highest BCUT2D eigenvalue weighted by Gasteiger charge is 2.26. The van der Waals surface area contributed by atoms with Crippen LogP contribution >= 0.6 is 11.8 Å². The van der Waals surface area contributed by atoms with Crippen LogP contribution in [-0.2, 0) is 21.9 Å². The summed E-state index contributed by atoms with van der Waals surface area (Å²) >= 11 is 1.52. The number of hydrogen-bond acceptors (Lipinski definition) is 6. The third-order valence-corrected chi connectivity index (χ3v) is 6.90. The van der Waals surface area contributed by atoms with Crippen LogP contribution < -0.4 is 15.8 Å². The second kappa shape index (κ2) is 9.29. The zero-order valence-corrected chi connectivity index (χ0v) is 19.4. The van der Waals surface area contributed by atoms with Crippen molar-refractivity contribution in [3.05, 3.63) is 58.1 Å². The molecule has 0 saturated heterocycles. The summed E-state index contributed by atoms with van der Waals surface area (Å²) in [6.45, 7) is 3.85. The van der Waals surface area contributed by atoms with Crippen molar-refractivity contribution in [3.63, 3.8) is 0 Å². The Morgan fingerprint density at radius 1 is 1.16 bits per heavy atom. The Kier molecular flexibility index (Phi) is 6.93. The Hall–Kier alpha value is -2.56. The van der Waals surface area contributed by atoms with Crippen molar-refractivity contribution in [2.24, 2.45) is 7.05 Å². The van der Waals surface area contributed by atoms with E-state index in [-0.39, 0.29) is 10.5 Å². The molecule has 3 rings (SSSR count). The van der Waals surface area contributed by atoms with Gasteiger partial charge in [-0.3, -0.25) is 9.36 Å². The van der Waals surface area contributed by atoms with Crippen LogP contribution in [0.5, 0.6) is 0 Å². The Bertz CT molecular complexity index is 1260. The third kappa shape index (κ3) is 5.38. The van der Waals surface area contributed by atoms with Crippen LogP contribution in [0.2, 0.25) is 0 Å². The fourth-order valence-corrected chi connectivity index (χ4v) is 5.01. The fraction of sp³-hybridized carbons (Fsp3) is 0.333. The largest absolute Gasteiger partial charge is 0.419 e. The lowest BCUT2D eigenvalue weighted by atomic mass is 10.1. The van der Waals surface area contributed by atoms with E-state index in [1.807, 2.05) is 38.3 Å². The number of thioether (sulfide) groups is 1. The Labute approximate surface area is 185 Å². The first-order chi connectivity index (χ1) is 14.6. The van der Waals surface area contributed by atoms with Crippen molar-refractivity contribution in [1.29, 1.82) is 0 Å². The maximum atomic E-state index is 13.0. The number of amides is 1. The molecule has 0 aliphatic rings. The quantitative estimate of drug-likeness (QED) is 0.532. The molecule has 10 heteroatoms. The Morgan fingerprint density at radius 3 is 2.48 bits per heavy atom. The van der Waals surface area contributed by atoms with Crippen LogP contribution in [0.4, 0.5) is 5.69 Å². The number of anilines is 1. The lowest BCUT2D eigenvalue weighted by molar-refractivity contribution is -0.117. The molecule has 1 aromatic heterocycles. The van der Waals surface area contributed by atoms with E-state index in [1.54, 1.807) is 0 Å². The normalized spacial score (nSPS) is 12.8. The van der Waals surface area contributed by atoms with Gasteiger partial charge in [-0.25, -0.2) is 13.2 Å². The lowest BCUT2D eigenvalue weighted by Crippen LogP contribution is -2.44. The van der Waals surface area contributed by atoms with Gasteiger partial charge >= 0.3 is 5.76 Å². The number of hydrogen-bond donors (Lipinski definition) is 2. The molecular weight excluding hydrogens is 438 g/mol. The minimum atomic E-state index is -4.03. The van der Waals surface area contributed by atoms with E-state index in [9.17, 15) is 18.0 Å². The maximum Gasteiger partial charge on any atom is 0.419 e. The zero-order chi connectivity index (χ0) is 22.8. The van der Waals surface area contributed by atoms with Gasteiger partial charge in [0.05, 0.1) is 10.4 Å². The molecule has 0 fully saturated rings. The van der Waals surface area contributed by atoms with Gasteiger partial charge in [0.1, 0.15) is 6.04 Å². The number of aromatic nitrogens is 1. The number of nitrogens with one attached hydrogen (secondary N) is 2. The minimum absolute atomic E-state index is 0.0808. The van der Waals surface area contributed by atoms with Crippen molar-refractivity contribution in [2.45, 2.75) is 31.2 Å². The standard InChI is InChI=1S/C21H25N3O5S2/c1-13-9-14(2)11-15(10-13)22-20(25)17(7-8-30-4)23-31(27,28)16-5-6-18-19(12-16)29-21(26)24(18)3/h5-6,9-12,17,23H,7-8H2,1-4H3,(H,22,25)/t17-/m0/s1. The van der Waals surface area contributed by atoms with Gasteiger partial charge in [0.2, 0.25) is 15.9 Å². The highest BCUT2D eigenvalue weighted by atomic mass is 32.2. The van der Waals surface area contributed by atoms with Crippen molar-refractivity contribution < 1.29 is 17.6 Å². The van der Waals surface area contributed by atoms with Crippen LogP contribution in [0.3, 0.4) is 0 Å². The molecule has 0 aliphatic carbocycles. The fourth-order valence-electron chi connectivity index (χ4n) is 3.29. The third-order valence-electron chi connectivity index (χ3n) is 4.79. The molecule has 8 nitrogen and oxygen atoms in total. The number of carbonyl (C=O) groups excluding carboxylic acids is 1. The van der Waals surface area contributed by atoms with E-state index in [4.69, 9.17) is 4.42 Å². The predicted octanol–water partition coefficient (Wildman–Crippen LogP) is 2.79. The minimum Gasteiger partial charge on any atom is -0.408 e. The first-order valence-electron chi connectivity index (χ1n) is 9.61. The summed E-state index contributed by atoms with van der Waals surface area (Å²) in [5.74, 6) is -0.418. The first-order valence-corrected chi connectivity index (χ1v) is 12.5. The van der Waals surface area contributed by atoms with Crippen molar-refractivity contribution in [1.82, 2.24) is 9.29 Å². The van der Waals surface area contributed by atoms with E-state index in [0.717, 1.165) is 11.1 Å². The molecule has 0 aliphatic heterocycles. The number of sulfonamides is 1. The van der Waals surface area contributed by atoms with Gasteiger partial charge in [0.25, 0.3) is 0 Å². The number of aryl methyl sites for hydroxylation is 3. The summed E-state index contributed by atoms with van der Waals surface area (Å²) in [6.07, 6.45) is 2.21. The van der Waals surface area contributed by atoms with Crippen LogP contribution in [0, 0.1) is 13.8 Å². The van der Waals surface area contributed by atoms with E-state index in [2.05, 4.69) is 10.0 Å². The second-order valence-corrected chi connectivity index (χ2v) is 10.1. The average Bonchev–Trinajstić information content (AvgIpc) is 2.97. The summed E-state index contributed by atoms with van der Waals surface area (Å²) in [4.78, 5) is 24.5. The predicted molar refractivity (Wildman–Crippen MR) is 123 cm³/mol. The maximum absolute atomic E-state index is 13.0. The van der Waals surface area contributed by atoms with Crippen LogP contribution in [0.1, 0.15) is 17.5 Å². The molecule has 0 saturated carbocycles. The lowest BCUT2D eigenvalue weighted by Gasteiger charge is -2.19. The molecule has 3 aromatic rings. The first kappa shape index (κ1) is 23.1. The molecule has 166 valence electrons. The molecule has 1 heterocycles. The summed E-state index contributed by atoms with van der Waals surface area (Å²) in [5.41, 5.74) is 3.25. The van der Waals surface area contributed by atoms with E-state index in [1.165, 1.54) is 41.6 Å². The van der Waals surface area contributed by atoms with Gasteiger partial charge in [-0.05, 0) is 67.7 Å². The monoisotopic (exact) mass is 463 g/mol. The van der Waals surface area contributed by atoms with Crippen LogP contribution in [0.25, 0.3) is 11.1 Å². The van der Waals surface area contributed by atoms with Crippen molar-refractivity contribution in [2.75, 3.05) is 17.3 Å². The highest BCUT2D eigenvalue weighted by Crippen LogP contribution is 2.19. The highest BCUT2D eigenvalue weighted by molar-refractivity contribution is 7.98. The van der Waals surface area contributed by atoms with Gasteiger partial charge in [-0.1, -0.05) is 6.07 Å². The number of carbonyl (C=O) groups is 1. The molecular formula is C21H25N3O5S2. The molecule has 2 N–H and O–H groups in total. The van der Waals surface area contributed by atoms with E-state index < -0.39 is 27.7 Å². The van der Waals surface area contributed by atoms with Crippen molar-refractivity contribution in [3.8, 4) is 0 Å². The van der Waals surface area contributed by atoms with Crippen molar-refractivity contribution >= 4 is 44.5 Å². The number of benzene rings is 2. The van der Waals surface area contributed by atoms with Gasteiger partial charge in [-0.2, -0.15) is 16.5 Å². The molecule has 1 amide bonds. The smallest absolute Gasteiger partial charge is 0.408 e. The molecule has 0 radical (unpaired) electrons. The molecule has 1 atom stereocenters. The summed E-state index contributed by atoms with van der Waals surface area (Å²) in [7, 11) is -2.49. The Balaban J connectivity index is 1.86. The number of nitrogens with zero attached hydrogens (tertiary/aromatic N) is 1. The summed E-state index contributed by atoms with van der Waals surface area (Å²) < 4.78 is 34.8. The number of rotatable bonds is 8. The second-order valence-electron chi connectivity index (χ2n) is 7.38. The summed E-state index contributed by atoms with van der Waals surface area (Å²) in [5, 5.41) is 2.81. The molecule has 0 unspecified atom stereocenters. The molecule has 2 aromatic carbocycles. The topological polar surface area (TPSA) is 110 Å². The van der Waals surface area contributed by atoms with E-state index >= 15 is 0 Å². The van der Waals surface area contributed by atoms with Gasteiger partial charge < -0.3 is 9.73 Å². The number of oxazole rings is 1. The van der Waals surface area contributed by atoms with Gasteiger partial charge in [-0.15, -0.1) is 0 Å². The summed E-state index contributed by atoms with van der Waals surface area (Å²) in [6, 6.07) is 8.85. The van der Waals surface area contributed by atoms with Gasteiger partial charge in [0, 0.05) is 18.8 Å². The van der Waals surface area contributed by atoms with Crippen LogP contribution in [-0.4, -0.2) is 36.9 Å². The molecule has 31 heavy (non-hydrogen) atoms. The SMILES string of the molecule is CSCC[C@H](NS(=O)(=O)c1ccc2c(c1)oc(=O)n2C)C(=O)Nc1cc(C)cc(C)c1. The van der Waals surface area contributed by atoms with Crippen LogP contribution in [0.15, 0.2) is 50.5 Å². The van der Waals surface area contributed by atoms with Gasteiger partial charge in [0.15, 0.2) is 5.58 Å². The molecule has 0 spiro atoms. The number of fused-ring (bicyclic) bond motifs is 1. The molecule has 0 bridgehead atoms. The zero-order valence-electron chi connectivity index (χ0n) is 17.8. The Morgan fingerprint density at radius 2 is 1.84 bits per heavy atom.